The van der Waals surface area contributed by atoms with Crippen LogP contribution < -0.4 is 15.5 Å². The van der Waals surface area contributed by atoms with Crippen molar-refractivity contribution in [1.29, 1.82) is 0 Å². The second kappa shape index (κ2) is 5.42. The molecule has 0 radical (unpaired) electrons. The van der Waals surface area contributed by atoms with Gasteiger partial charge in [0.05, 0.1) is 0 Å². The number of anilines is 2. The molecule has 1 aliphatic rings. The normalized spacial score (nSPS) is 19.3. The Kier molecular flexibility index (Phi) is 3.87. The summed E-state index contributed by atoms with van der Waals surface area (Å²) in [5.74, 6) is 2.48. The van der Waals surface area contributed by atoms with E-state index in [0.29, 0.717) is 12.4 Å². The minimum atomic E-state index is -0.147. The number of carbonyl (C=O) groups excluding carboxylic acids is 1. The molecule has 1 aliphatic heterocycles. The van der Waals surface area contributed by atoms with Gasteiger partial charge in [0.15, 0.2) is 0 Å². The van der Waals surface area contributed by atoms with Gasteiger partial charge in [0.1, 0.15) is 23.5 Å². The third-order valence-corrected chi connectivity index (χ3v) is 3.46. The average molecular weight is 263 g/mol. The number of aryl methyl sites for hydroxylation is 1. The van der Waals surface area contributed by atoms with Crippen LogP contribution in [0.3, 0.4) is 0 Å². The highest BCUT2D eigenvalue weighted by Crippen LogP contribution is 2.26. The molecule has 1 unspecified atom stereocenters. The van der Waals surface area contributed by atoms with E-state index in [1.54, 1.807) is 0 Å². The number of amides is 1. The van der Waals surface area contributed by atoms with Gasteiger partial charge in [0.25, 0.3) is 0 Å². The molecule has 2 rings (SSSR count). The van der Waals surface area contributed by atoms with Crippen molar-refractivity contribution in [2.45, 2.75) is 33.2 Å². The van der Waals surface area contributed by atoms with E-state index in [2.05, 4.69) is 25.5 Å². The van der Waals surface area contributed by atoms with E-state index in [0.717, 1.165) is 30.2 Å². The summed E-state index contributed by atoms with van der Waals surface area (Å²) in [7, 11) is 1.85. The van der Waals surface area contributed by atoms with Gasteiger partial charge in [0, 0.05) is 25.7 Å². The van der Waals surface area contributed by atoms with Crippen molar-refractivity contribution in [3.63, 3.8) is 0 Å². The van der Waals surface area contributed by atoms with Gasteiger partial charge in [-0.25, -0.2) is 9.97 Å². The summed E-state index contributed by atoms with van der Waals surface area (Å²) in [4.78, 5) is 22.9. The van der Waals surface area contributed by atoms with Crippen LogP contribution in [0.2, 0.25) is 0 Å². The van der Waals surface area contributed by atoms with Gasteiger partial charge in [-0.1, -0.05) is 6.92 Å². The van der Waals surface area contributed by atoms with Crippen LogP contribution in [-0.2, 0) is 4.79 Å². The monoisotopic (exact) mass is 263 g/mol. The minimum absolute atomic E-state index is 0.0791. The number of rotatable bonds is 3. The Morgan fingerprint density at radius 2 is 2.16 bits per heavy atom. The lowest BCUT2D eigenvalue weighted by atomic mass is 10.1. The number of piperazine rings is 1. The molecule has 0 aliphatic carbocycles. The quantitative estimate of drug-likeness (QED) is 0.846. The van der Waals surface area contributed by atoms with Crippen molar-refractivity contribution in [1.82, 2.24) is 15.3 Å². The van der Waals surface area contributed by atoms with Gasteiger partial charge in [-0.3, -0.25) is 4.79 Å². The Balaban J connectivity index is 2.44. The second-order valence-electron chi connectivity index (χ2n) is 4.73. The highest BCUT2D eigenvalue weighted by Gasteiger charge is 2.30. The number of hydrogen-bond acceptors (Lipinski definition) is 5. The first-order valence-electron chi connectivity index (χ1n) is 6.65. The molecule has 2 heterocycles. The molecule has 6 heteroatoms. The van der Waals surface area contributed by atoms with Crippen molar-refractivity contribution in [2.75, 3.05) is 30.4 Å². The van der Waals surface area contributed by atoms with Crippen molar-refractivity contribution >= 4 is 17.5 Å². The van der Waals surface area contributed by atoms with Crippen LogP contribution >= 0.6 is 0 Å². The zero-order valence-electron chi connectivity index (χ0n) is 11.9. The molecule has 104 valence electrons. The predicted octanol–water partition coefficient (Wildman–Crippen LogP) is 0.850. The number of aromatic nitrogens is 2. The Morgan fingerprint density at radius 1 is 1.42 bits per heavy atom. The molecule has 1 amide bonds. The van der Waals surface area contributed by atoms with Gasteiger partial charge < -0.3 is 15.5 Å². The number of hydrogen-bond donors (Lipinski definition) is 2. The van der Waals surface area contributed by atoms with Gasteiger partial charge in [0.2, 0.25) is 5.91 Å². The Hall–Kier alpha value is -1.85. The molecule has 0 spiro atoms. The van der Waals surface area contributed by atoms with E-state index in [1.165, 1.54) is 0 Å². The summed E-state index contributed by atoms with van der Waals surface area (Å²) in [5.41, 5.74) is 0.987. The maximum Gasteiger partial charge on any atom is 0.242 e. The third kappa shape index (κ3) is 2.47. The standard InChI is InChI=1S/C13H21N5O/c1-5-10-13(19)15-6-7-18(10)12-8(2)11(14-4)16-9(3)17-12/h10H,5-7H2,1-4H3,(H,15,19)(H,14,16,17). The van der Waals surface area contributed by atoms with E-state index in [1.807, 2.05) is 27.8 Å². The van der Waals surface area contributed by atoms with Crippen LogP contribution in [0.25, 0.3) is 0 Å². The Labute approximate surface area is 113 Å². The molecular formula is C13H21N5O. The molecule has 19 heavy (non-hydrogen) atoms. The summed E-state index contributed by atoms with van der Waals surface area (Å²) >= 11 is 0. The number of carbonyl (C=O) groups is 1. The van der Waals surface area contributed by atoms with E-state index in [9.17, 15) is 4.79 Å². The molecular weight excluding hydrogens is 242 g/mol. The highest BCUT2D eigenvalue weighted by molar-refractivity contribution is 5.86. The van der Waals surface area contributed by atoms with Gasteiger partial charge in [-0.05, 0) is 20.3 Å². The second-order valence-corrected chi connectivity index (χ2v) is 4.73. The Bertz CT molecular complexity index is 488. The molecule has 1 aromatic rings. The summed E-state index contributed by atoms with van der Waals surface area (Å²) < 4.78 is 0. The zero-order valence-corrected chi connectivity index (χ0v) is 11.9. The lowest BCUT2D eigenvalue weighted by Gasteiger charge is -2.36. The minimum Gasteiger partial charge on any atom is -0.373 e. The average Bonchev–Trinajstić information content (AvgIpc) is 2.40. The first kappa shape index (κ1) is 13.6. The van der Waals surface area contributed by atoms with Crippen LogP contribution in [-0.4, -0.2) is 42.1 Å². The smallest absolute Gasteiger partial charge is 0.242 e. The summed E-state index contributed by atoms with van der Waals surface area (Å²) in [6.45, 7) is 7.32. The van der Waals surface area contributed by atoms with Crippen molar-refractivity contribution in [3.8, 4) is 0 Å². The SMILES string of the molecule is CCC1C(=O)NCCN1c1nc(C)nc(NC)c1C. The maximum absolute atomic E-state index is 11.9. The third-order valence-electron chi connectivity index (χ3n) is 3.46. The van der Waals surface area contributed by atoms with E-state index in [-0.39, 0.29) is 11.9 Å². The largest absolute Gasteiger partial charge is 0.373 e. The fourth-order valence-corrected chi connectivity index (χ4v) is 2.51. The molecule has 1 aromatic heterocycles. The molecule has 0 bridgehead atoms. The summed E-state index contributed by atoms with van der Waals surface area (Å²) in [6, 6.07) is -0.147. The molecule has 2 N–H and O–H groups in total. The zero-order chi connectivity index (χ0) is 14.0. The van der Waals surface area contributed by atoms with Gasteiger partial charge >= 0.3 is 0 Å². The fourth-order valence-electron chi connectivity index (χ4n) is 2.51. The molecule has 1 fully saturated rings. The van der Waals surface area contributed by atoms with Crippen LogP contribution in [0, 0.1) is 13.8 Å². The summed E-state index contributed by atoms with van der Waals surface area (Å²) in [6.07, 6.45) is 0.767. The van der Waals surface area contributed by atoms with Crippen molar-refractivity contribution < 1.29 is 4.79 Å². The van der Waals surface area contributed by atoms with Crippen molar-refractivity contribution in [2.24, 2.45) is 0 Å². The topological polar surface area (TPSA) is 70.2 Å². The lowest BCUT2D eigenvalue weighted by molar-refractivity contribution is -0.123. The van der Waals surface area contributed by atoms with Crippen LogP contribution in [0.1, 0.15) is 24.7 Å². The number of nitrogens with one attached hydrogen (secondary N) is 2. The maximum atomic E-state index is 11.9. The molecule has 0 aromatic carbocycles. The van der Waals surface area contributed by atoms with Crippen LogP contribution in [0.4, 0.5) is 11.6 Å². The first-order chi connectivity index (χ1) is 9.08. The predicted molar refractivity (Wildman–Crippen MR) is 75.5 cm³/mol. The highest BCUT2D eigenvalue weighted by atomic mass is 16.2. The fraction of sp³-hybridized carbons (Fsp3) is 0.615. The first-order valence-corrected chi connectivity index (χ1v) is 6.65. The van der Waals surface area contributed by atoms with E-state index in [4.69, 9.17) is 0 Å². The van der Waals surface area contributed by atoms with Crippen molar-refractivity contribution in [3.05, 3.63) is 11.4 Å². The van der Waals surface area contributed by atoms with E-state index < -0.39 is 0 Å². The van der Waals surface area contributed by atoms with Gasteiger partial charge in [-0.15, -0.1) is 0 Å². The Morgan fingerprint density at radius 3 is 2.79 bits per heavy atom. The molecule has 1 atom stereocenters. The van der Waals surface area contributed by atoms with Gasteiger partial charge in [-0.2, -0.15) is 0 Å². The molecule has 0 saturated carbocycles. The number of nitrogens with zero attached hydrogens (tertiary/aromatic N) is 3. The molecule has 6 nitrogen and oxygen atoms in total. The lowest BCUT2D eigenvalue weighted by Crippen LogP contribution is -2.55. The molecule has 1 saturated heterocycles. The van der Waals surface area contributed by atoms with E-state index >= 15 is 0 Å². The van der Waals surface area contributed by atoms with Crippen LogP contribution in [0.15, 0.2) is 0 Å². The van der Waals surface area contributed by atoms with Crippen LogP contribution in [0.5, 0.6) is 0 Å². The summed E-state index contributed by atoms with van der Waals surface area (Å²) in [5, 5.41) is 5.99.